The van der Waals surface area contributed by atoms with Crippen LogP contribution in [0, 0.1) is 0 Å². The van der Waals surface area contributed by atoms with Gasteiger partial charge in [-0.05, 0) is 25.8 Å². The zero-order valence-electron chi connectivity index (χ0n) is 7.16. The third-order valence-electron chi connectivity index (χ3n) is 2.49. The van der Waals surface area contributed by atoms with Gasteiger partial charge < -0.3 is 4.79 Å². The van der Waals surface area contributed by atoms with E-state index in [0.717, 1.165) is 31.4 Å². The molecule has 0 saturated heterocycles. The van der Waals surface area contributed by atoms with E-state index in [1.54, 1.807) is 0 Å². The highest BCUT2D eigenvalue weighted by Crippen LogP contribution is 2.45. The highest BCUT2D eigenvalue weighted by molar-refractivity contribution is 5.71. The van der Waals surface area contributed by atoms with Gasteiger partial charge in [0.1, 0.15) is 6.29 Å². The van der Waals surface area contributed by atoms with Gasteiger partial charge in [0.15, 0.2) is 0 Å². The standard InChI is InChI=1S/C9H12N2O/c1-2-11-6-3-8(10-11)9(7-12)4-5-9/h3,6-7H,2,4-5H2,1H3. The fraction of sp³-hybridized carbons (Fsp3) is 0.556. The molecular formula is C9H12N2O. The largest absolute Gasteiger partial charge is 0.302 e. The molecule has 0 amide bonds. The quantitative estimate of drug-likeness (QED) is 0.628. The maximum atomic E-state index is 10.7. The number of rotatable bonds is 3. The van der Waals surface area contributed by atoms with Crippen LogP contribution in [-0.2, 0) is 16.8 Å². The van der Waals surface area contributed by atoms with Crippen molar-refractivity contribution in [1.82, 2.24) is 9.78 Å². The van der Waals surface area contributed by atoms with Gasteiger partial charge in [-0.15, -0.1) is 0 Å². The van der Waals surface area contributed by atoms with E-state index in [2.05, 4.69) is 5.10 Å². The number of carbonyl (C=O) groups is 1. The van der Waals surface area contributed by atoms with Crippen molar-refractivity contribution in [1.29, 1.82) is 0 Å². The molecule has 1 heterocycles. The zero-order chi connectivity index (χ0) is 8.60. The molecule has 0 N–H and O–H groups in total. The van der Waals surface area contributed by atoms with E-state index in [4.69, 9.17) is 0 Å². The van der Waals surface area contributed by atoms with Crippen LogP contribution in [0.5, 0.6) is 0 Å². The van der Waals surface area contributed by atoms with Crippen LogP contribution >= 0.6 is 0 Å². The summed E-state index contributed by atoms with van der Waals surface area (Å²) in [6.07, 6.45) is 4.91. The predicted molar refractivity (Wildman–Crippen MR) is 44.9 cm³/mol. The molecule has 1 aromatic heterocycles. The van der Waals surface area contributed by atoms with Gasteiger partial charge in [-0.25, -0.2) is 0 Å². The van der Waals surface area contributed by atoms with Crippen LogP contribution in [0.1, 0.15) is 25.5 Å². The second-order valence-corrected chi connectivity index (χ2v) is 3.33. The summed E-state index contributed by atoms with van der Waals surface area (Å²) in [5.41, 5.74) is 0.736. The Kier molecular flexibility index (Phi) is 1.53. The van der Waals surface area contributed by atoms with Gasteiger partial charge in [0, 0.05) is 12.7 Å². The molecule has 1 aliphatic carbocycles. The van der Waals surface area contributed by atoms with Crippen molar-refractivity contribution < 1.29 is 4.79 Å². The van der Waals surface area contributed by atoms with Crippen molar-refractivity contribution in [3.8, 4) is 0 Å². The topological polar surface area (TPSA) is 34.9 Å². The lowest BCUT2D eigenvalue weighted by Crippen LogP contribution is -2.09. The minimum atomic E-state index is -0.208. The Balaban J connectivity index is 2.28. The number of aromatic nitrogens is 2. The first-order valence-corrected chi connectivity index (χ1v) is 4.31. The Bertz CT molecular complexity index is 299. The summed E-state index contributed by atoms with van der Waals surface area (Å²) in [6, 6.07) is 1.95. The molecule has 2 rings (SSSR count). The third-order valence-corrected chi connectivity index (χ3v) is 2.49. The molecule has 12 heavy (non-hydrogen) atoms. The molecule has 0 aromatic carbocycles. The molecule has 1 fully saturated rings. The number of hydrogen-bond acceptors (Lipinski definition) is 2. The first-order chi connectivity index (χ1) is 5.80. The molecule has 0 aliphatic heterocycles. The van der Waals surface area contributed by atoms with Crippen LogP contribution in [0.3, 0.4) is 0 Å². The Morgan fingerprint density at radius 3 is 2.92 bits per heavy atom. The molecule has 3 heteroatoms. The van der Waals surface area contributed by atoms with Crippen LogP contribution in [0.25, 0.3) is 0 Å². The number of carbonyl (C=O) groups excluding carboxylic acids is 1. The zero-order valence-corrected chi connectivity index (χ0v) is 7.16. The summed E-state index contributed by atoms with van der Waals surface area (Å²) >= 11 is 0. The molecule has 1 aromatic rings. The third kappa shape index (κ3) is 0.967. The van der Waals surface area contributed by atoms with E-state index in [0.29, 0.717) is 0 Å². The summed E-state index contributed by atoms with van der Waals surface area (Å²) in [5.74, 6) is 0. The summed E-state index contributed by atoms with van der Waals surface area (Å²) in [5, 5.41) is 4.32. The van der Waals surface area contributed by atoms with E-state index in [1.807, 2.05) is 23.9 Å². The highest BCUT2D eigenvalue weighted by Gasteiger charge is 2.46. The van der Waals surface area contributed by atoms with E-state index in [1.165, 1.54) is 0 Å². The minimum Gasteiger partial charge on any atom is -0.302 e. The van der Waals surface area contributed by atoms with E-state index in [-0.39, 0.29) is 5.41 Å². The van der Waals surface area contributed by atoms with Crippen LogP contribution in [0.15, 0.2) is 12.3 Å². The predicted octanol–water partition coefficient (Wildman–Crippen LogP) is 1.13. The van der Waals surface area contributed by atoms with Gasteiger partial charge in [0.05, 0.1) is 11.1 Å². The number of aryl methyl sites for hydroxylation is 1. The molecule has 1 aliphatic rings. The molecule has 0 unspecified atom stereocenters. The number of hydrogen-bond donors (Lipinski definition) is 0. The van der Waals surface area contributed by atoms with Crippen molar-refractivity contribution in [2.75, 3.05) is 0 Å². The van der Waals surface area contributed by atoms with Crippen molar-refractivity contribution in [2.24, 2.45) is 0 Å². The second-order valence-electron chi connectivity index (χ2n) is 3.33. The van der Waals surface area contributed by atoms with Crippen molar-refractivity contribution in [3.63, 3.8) is 0 Å². The Morgan fingerprint density at radius 2 is 2.50 bits per heavy atom. The fourth-order valence-corrected chi connectivity index (χ4v) is 1.37. The van der Waals surface area contributed by atoms with Gasteiger partial charge in [-0.3, -0.25) is 4.68 Å². The molecule has 1 saturated carbocycles. The summed E-state index contributed by atoms with van der Waals surface area (Å²) in [7, 11) is 0. The average Bonchev–Trinajstić information content (AvgIpc) is 2.77. The molecule has 0 bridgehead atoms. The normalized spacial score (nSPS) is 19.1. The van der Waals surface area contributed by atoms with Crippen LogP contribution < -0.4 is 0 Å². The van der Waals surface area contributed by atoms with E-state index in [9.17, 15) is 4.79 Å². The van der Waals surface area contributed by atoms with Crippen molar-refractivity contribution in [3.05, 3.63) is 18.0 Å². The summed E-state index contributed by atoms with van der Waals surface area (Å²) in [4.78, 5) is 10.7. The smallest absolute Gasteiger partial charge is 0.132 e. The summed E-state index contributed by atoms with van der Waals surface area (Å²) in [6.45, 7) is 2.91. The minimum absolute atomic E-state index is 0.208. The number of aldehydes is 1. The van der Waals surface area contributed by atoms with Crippen molar-refractivity contribution >= 4 is 6.29 Å². The Hall–Kier alpha value is -1.12. The van der Waals surface area contributed by atoms with Gasteiger partial charge in [0.25, 0.3) is 0 Å². The molecule has 0 spiro atoms. The van der Waals surface area contributed by atoms with E-state index < -0.39 is 0 Å². The SMILES string of the molecule is CCn1ccc(C2(C=O)CC2)n1. The molecule has 64 valence electrons. The number of nitrogens with zero attached hydrogens (tertiary/aromatic N) is 2. The monoisotopic (exact) mass is 164 g/mol. The highest BCUT2D eigenvalue weighted by atomic mass is 16.1. The van der Waals surface area contributed by atoms with Crippen molar-refractivity contribution in [2.45, 2.75) is 31.7 Å². The molecule has 0 atom stereocenters. The Labute approximate surface area is 71.4 Å². The lowest BCUT2D eigenvalue weighted by atomic mass is 10.1. The van der Waals surface area contributed by atoms with Gasteiger partial charge in [0.2, 0.25) is 0 Å². The van der Waals surface area contributed by atoms with E-state index >= 15 is 0 Å². The van der Waals surface area contributed by atoms with Gasteiger partial charge in [-0.1, -0.05) is 0 Å². The first-order valence-electron chi connectivity index (χ1n) is 4.31. The lowest BCUT2D eigenvalue weighted by molar-refractivity contribution is -0.109. The summed E-state index contributed by atoms with van der Waals surface area (Å²) < 4.78 is 1.86. The molecular weight excluding hydrogens is 152 g/mol. The van der Waals surface area contributed by atoms with Crippen LogP contribution in [0.2, 0.25) is 0 Å². The first kappa shape index (κ1) is 7.53. The van der Waals surface area contributed by atoms with Crippen LogP contribution in [-0.4, -0.2) is 16.1 Å². The molecule has 0 radical (unpaired) electrons. The van der Waals surface area contributed by atoms with Gasteiger partial charge >= 0.3 is 0 Å². The lowest BCUT2D eigenvalue weighted by Gasteiger charge is -2.00. The maximum Gasteiger partial charge on any atom is 0.132 e. The maximum absolute atomic E-state index is 10.7. The average molecular weight is 164 g/mol. The molecule has 3 nitrogen and oxygen atoms in total. The fourth-order valence-electron chi connectivity index (χ4n) is 1.37. The second kappa shape index (κ2) is 2.44. The van der Waals surface area contributed by atoms with Crippen LogP contribution in [0.4, 0.5) is 0 Å². The Morgan fingerprint density at radius 1 is 1.75 bits per heavy atom. The van der Waals surface area contributed by atoms with Gasteiger partial charge in [-0.2, -0.15) is 5.10 Å².